The lowest BCUT2D eigenvalue weighted by Gasteiger charge is -2.26. The lowest BCUT2D eigenvalue weighted by atomic mass is 10.2. The van der Waals surface area contributed by atoms with E-state index in [4.69, 9.17) is 20.5 Å². The molecule has 0 N–H and O–H groups in total. The van der Waals surface area contributed by atoms with Gasteiger partial charge in [0, 0.05) is 11.5 Å². The Kier molecular flexibility index (Phi) is 5.75. The summed E-state index contributed by atoms with van der Waals surface area (Å²) in [6.07, 6.45) is 0.00198. The first-order valence-corrected chi connectivity index (χ1v) is 11.1. The number of hydrazine groups is 1. The van der Waals surface area contributed by atoms with Crippen molar-refractivity contribution in [1.82, 2.24) is 10.0 Å². The molecule has 1 atom stereocenters. The molecule has 2 aromatic rings. The number of fused-ring (bicyclic) bond motifs is 1. The summed E-state index contributed by atoms with van der Waals surface area (Å²) in [5.74, 6) is 1.52. The normalized spacial score (nSPS) is 17.4. The summed E-state index contributed by atoms with van der Waals surface area (Å²) in [5.41, 5.74) is 3.56. The van der Waals surface area contributed by atoms with Crippen LogP contribution in [-0.2, 0) is 11.5 Å². The molecule has 29 heavy (non-hydrogen) atoms. The van der Waals surface area contributed by atoms with E-state index in [1.54, 1.807) is 23.5 Å². The van der Waals surface area contributed by atoms with Gasteiger partial charge in [-0.25, -0.2) is 20.0 Å². The van der Waals surface area contributed by atoms with Crippen molar-refractivity contribution in [2.24, 2.45) is 9.98 Å². The van der Waals surface area contributed by atoms with Crippen molar-refractivity contribution in [2.45, 2.75) is 24.6 Å². The van der Waals surface area contributed by atoms with E-state index < -0.39 is 0 Å². The van der Waals surface area contributed by atoms with Crippen LogP contribution in [0.2, 0.25) is 0 Å². The minimum atomic E-state index is 0.00198. The van der Waals surface area contributed by atoms with Gasteiger partial charge in [-0.1, -0.05) is 47.8 Å². The van der Waals surface area contributed by atoms with Gasteiger partial charge in [0.2, 0.25) is 0 Å². The molecule has 0 radical (unpaired) electrons. The SMILES string of the molecule is CC1N=C(SCc2cccc(C#N)c2)N2CN=C(SCc3cccc(C#N)c3)N12. The molecule has 2 aliphatic heterocycles. The van der Waals surface area contributed by atoms with E-state index >= 15 is 0 Å². The second-order valence-corrected chi connectivity index (χ2v) is 8.46. The van der Waals surface area contributed by atoms with Gasteiger partial charge in [0.05, 0.1) is 23.3 Å². The van der Waals surface area contributed by atoms with Crippen LogP contribution in [0, 0.1) is 22.7 Å². The number of thioether (sulfide) groups is 2. The van der Waals surface area contributed by atoms with Crippen molar-refractivity contribution in [3.05, 3.63) is 70.8 Å². The fraction of sp³-hybridized carbons (Fsp3) is 0.238. The Labute approximate surface area is 178 Å². The van der Waals surface area contributed by atoms with Crippen molar-refractivity contribution < 1.29 is 0 Å². The summed E-state index contributed by atoms with van der Waals surface area (Å²) >= 11 is 3.33. The van der Waals surface area contributed by atoms with Crippen LogP contribution in [0.15, 0.2) is 58.5 Å². The maximum atomic E-state index is 9.06. The van der Waals surface area contributed by atoms with Gasteiger partial charge in [-0.05, 0) is 42.3 Å². The predicted molar refractivity (Wildman–Crippen MR) is 118 cm³/mol. The summed E-state index contributed by atoms with van der Waals surface area (Å²) in [6, 6.07) is 19.7. The van der Waals surface area contributed by atoms with Crippen LogP contribution in [0.5, 0.6) is 0 Å². The van der Waals surface area contributed by atoms with Gasteiger partial charge in [0.1, 0.15) is 12.8 Å². The van der Waals surface area contributed by atoms with Gasteiger partial charge in [-0.3, -0.25) is 0 Å². The highest BCUT2D eigenvalue weighted by Crippen LogP contribution is 2.32. The van der Waals surface area contributed by atoms with Gasteiger partial charge >= 0.3 is 0 Å². The molecule has 0 aromatic heterocycles. The van der Waals surface area contributed by atoms with Gasteiger partial charge in [-0.15, -0.1) is 0 Å². The van der Waals surface area contributed by atoms with E-state index in [1.165, 1.54) is 0 Å². The smallest absolute Gasteiger partial charge is 0.182 e. The molecule has 2 aliphatic rings. The number of aliphatic imine (C=N–C) groups is 2. The molecular formula is C21H18N6S2. The van der Waals surface area contributed by atoms with Crippen LogP contribution < -0.4 is 0 Å². The first-order chi connectivity index (χ1) is 14.2. The largest absolute Gasteiger partial charge is 0.237 e. The van der Waals surface area contributed by atoms with Crippen molar-refractivity contribution >= 4 is 33.9 Å². The molecule has 4 rings (SSSR count). The van der Waals surface area contributed by atoms with Crippen LogP contribution in [0.3, 0.4) is 0 Å². The van der Waals surface area contributed by atoms with E-state index in [2.05, 4.69) is 29.1 Å². The highest BCUT2D eigenvalue weighted by atomic mass is 32.2. The van der Waals surface area contributed by atoms with Gasteiger partial charge in [0.25, 0.3) is 0 Å². The van der Waals surface area contributed by atoms with Crippen molar-refractivity contribution in [1.29, 1.82) is 10.5 Å². The summed E-state index contributed by atoms with van der Waals surface area (Å²) < 4.78 is 0. The molecule has 0 amide bonds. The highest BCUT2D eigenvalue weighted by molar-refractivity contribution is 8.13. The number of hydrogen-bond acceptors (Lipinski definition) is 8. The third-order valence-electron chi connectivity index (χ3n) is 4.52. The van der Waals surface area contributed by atoms with Crippen LogP contribution in [0.4, 0.5) is 0 Å². The van der Waals surface area contributed by atoms with Gasteiger partial charge in [0.15, 0.2) is 10.3 Å². The molecule has 2 heterocycles. The van der Waals surface area contributed by atoms with E-state index in [0.29, 0.717) is 17.8 Å². The Hall–Kier alpha value is -2.94. The quantitative estimate of drug-likeness (QED) is 0.742. The summed E-state index contributed by atoms with van der Waals surface area (Å²) in [4.78, 5) is 9.48. The Morgan fingerprint density at radius 2 is 1.55 bits per heavy atom. The zero-order valence-electron chi connectivity index (χ0n) is 15.8. The number of nitrogens with zero attached hydrogens (tertiary/aromatic N) is 6. The summed E-state index contributed by atoms with van der Waals surface area (Å²) in [5, 5.41) is 24.3. The Morgan fingerprint density at radius 3 is 2.14 bits per heavy atom. The maximum absolute atomic E-state index is 9.06. The third-order valence-corrected chi connectivity index (χ3v) is 6.62. The fourth-order valence-electron chi connectivity index (χ4n) is 3.15. The molecule has 0 bridgehead atoms. The molecule has 1 unspecified atom stereocenters. The van der Waals surface area contributed by atoms with Crippen molar-refractivity contribution in [2.75, 3.05) is 6.67 Å². The lowest BCUT2D eigenvalue weighted by Crippen LogP contribution is -2.41. The Bertz CT molecular complexity index is 1070. The van der Waals surface area contributed by atoms with Crippen LogP contribution in [0.25, 0.3) is 0 Å². The predicted octanol–water partition coefficient (Wildman–Crippen LogP) is 4.16. The summed E-state index contributed by atoms with van der Waals surface area (Å²) in [7, 11) is 0. The Balaban J connectivity index is 1.36. The lowest BCUT2D eigenvalue weighted by molar-refractivity contribution is 0.156. The van der Waals surface area contributed by atoms with Crippen LogP contribution >= 0.6 is 23.5 Å². The third kappa shape index (κ3) is 4.24. The Morgan fingerprint density at radius 1 is 0.966 bits per heavy atom. The monoisotopic (exact) mass is 418 g/mol. The van der Waals surface area contributed by atoms with E-state index in [1.807, 2.05) is 48.5 Å². The second-order valence-electron chi connectivity index (χ2n) is 6.57. The maximum Gasteiger partial charge on any atom is 0.182 e. The number of hydrogen-bond donors (Lipinski definition) is 0. The molecule has 0 spiro atoms. The molecule has 0 aliphatic carbocycles. The standard InChI is InChI=1S/C21H18N6S2/c1-15-25-21(29-13-19-7-3-5-17(9-19)11-23)26-14-24-20(27(15)26)28-12-18-6-2-4-16(8-18)10-22/h2-9,15H,12-14H2,1H3. The minimum Gasteiger partial charge on any atom is -0.237 e. The molecule has 6 nitrogen and oxygen atoms in total. The van der Waals surface area contributed by atoms with Crippen molar-refractivity contribution in [3.8, 4) is 12.1 Å². The molecule has 8 heteroatoms. The zero-order valence-corrected chi connectivity index (χ0v) is 17.5. The molecule has 0 fully saturated rings. The first kappa shape index (κ1) is 19.4. The topological polar surface area (TPSA) is 78.8 Å². The first-order valence-electron chi connectivity index (χ1n) is 9.10. The van der Waals surface area contributed by atoms with E-state index in [0.717, 1.165) is 33.0 Å². The number of amidine groups is 2. The second kappa shape index (κ2) is 8.60. The van der Waals surface area contributed by atoms with Gasteiger partial charge in [-0.2, -0.15) is 10.5 Å². The van der Waals surface area contributed by atoms with E-state index in [9.17, 15) is 0 Å². The average molecular weight is 419 g/mol. The van der Waals surface area contributed by atoms with Crippen LogP contribution in [-0.4, -0.2) is 33.2 Å². The molecule has 2 aromatic carbocycles. The number of benzene rings is 2. The zero-order chi connectivity index (χ0) is 20.2. The van der Waals surface area contributed by atoms with Gasteiger partial charge < -0.3 is 0 Å². The van der Waals surface area contributed by atoms with Crippen LogP contribution in [0.1, 0.15) is 29.2 Å². The highest BCUT2D eigenvalue weighted by Gasteiger charge is 2.37. The minimum absolute atomic E-state index is 0.00198. The average Bonchev–Trinajstić information content (AvgIpc) is 3.32. The summed E-state index contributed by atoms with van der Waals surface area (Å²) in [6.45, 7) is 2.63. The molecule has 0 saturated heterocycles. The molecular weight excluding hydrogens is 400 g/mol. The molecule has 0 saturated carbocycles. The fourth-order valence-corrected chi connectivity index (χ4v) is 5.15. The number of nitriles is 2. The van der Waals surface area contributed by atoms with E-state index in [-0.39, 0.29) is 6.17 Å². The molecule has 144 valence electrons. The van der Waals surface area contributed by atoms with Crippen molar-refractivity contribution in [3.63, 3.8) is 0 Å². The number of rotatable bonds is 4.